The van der Waals surface area contributed by atoms with Gasteiger partial charge in [-0.25, -0.2) is 4.79 Å². The van der Waals surface area contributed by atoms with Crippen molar-refractivity contribution in [3.63, 3.8) is 0 Å². The topological polar surface area (TPSA) is 49.9 Å². The Balaban J connectivity index is 1.29. The highest BCUT2D eigenvalue weighted by molar-refractivity contribution is 5.76. The Labute approximate surface area is 178 Å². The second-order valence-corrected chi connectivity index (χ2v) is 8.43. The van der Waals surface area contributed by atoms with Gasteiger partial charge >= 0.3 is 6.09 Å². The Kier molecular flexibility index (Phi) is 6.36. The second-order valence-electron chi connectivity index (χ2n) is 8.43. The van der Waals surface area contributed by atoms with E-state index in [0.717, 1.165) is 38.6 Å². The predicted octanol–water partition coefficient (Wildman–Crippen LogP) is 4.07. The van der Waals surface area contributed by atoms with Crippen LogP contribution in [0.4, 0.5) is 4.79 Å². The van der Waals surface area contributed by atoms with E-state index in [9.17, 15) is 9.59 Å². The predicted molar refractivity (Wildman–Crippen MR) is 116 cm³/mol. The number of benzene rings is 2. The quantitative estimate of drug-likeness (QED) is 0.727. The molecule has 2 aliphatic heterocycles. The van der Waals surface area contributed by atoms with E-state index < -0.39 is 5.60 Å². The number of amides is 2. The Morgan fingerprint density at radius 2 is 1.57 bits per heavy atom. The fourth-order valence-corrected chi connectivity index (χ4v) is 4.50. The molecule has 1 atom stereocenters. The van der Waals surface area contributed by atoms with Crippen LogP contribution in [0.1, 0.15) is 36.8 Å². The zero-order chi connectivity index (χ0) is 20.8. The minimum Gasteiger partial charge on any atom is -0.441 e. The summed E-state index contributed by atoms with van der Waals surface area (Å²) in [5, 5.41) is 0. The molecule has 158 valence electrons. The van der Waals surface area contributed by atoms with Crippen LogP contribution in [0.2, 0.25) is 0 Å². The molecule has 30 heavy (non-hydrogen) atoms. The average molecular weight is 407 g/mol. The summed E-state index contributed by atoms with van der Waals surface area (Å²) in [6, 6.07) is 20.3. The van der Waals surface area contributed by atoms with Gasteiger partial charge in [0.1, 0.15) is 5.60 Å². The average Bonchev–Trinajstić information content (AvgIpc) is 2.94. The summed E-state index contributed by atoms with van der Waals surface area (Å²) >= 11 is 0. The molecule has 4 rings (SSSR count). The van der Waals surface area contributed by atoms with Gasteiger partial charge in [-0.3, -0.25) is 4.79 Å². The van der Waals surface area contributed by atoms with E-state index in [1.165, 1.54) is 11.1 Å². The van der Waals surface area contributed by atoms with E-state index in [4.69, 9.17) is 4.74 Å². The standard InChI is InChI=1S/C25H30N2O3/c28-23(13-12-21-8-3-1-4-9-21)26-17-7-15-25(16-19-26)20-27(24(29)30-25)18-14-22-10-5-2-6-11-22/h1-6,8-11H,7,12-20H2. The van der Waals surface area contributed by atoms with E-state index in [1.807, 2.05) is 46.2 Å². The van der Waals surface area contributed by atoms with Crippen molar-refractivity contribution in [2.45, 2.75) is 44.1 Å². The number of ether oxygens (including phenoxy) is 1. The van der Waals surface area contributed by atoms with Gasteiger partial charge in [0.25, 0.3) is 0 Å². The minimum absolute atomic E-state index is 0.196. The molecule has 1 spiro atoms. The van der Waals surface area contributed by atoms with Crippen LogP contribution in [-0.2, 0) is 22.4 Å². The second kappa shape index (κ2) is 9.33. The Hall–Kier alpha value is -2.82. The fraction of sp³-hybridized carbons (Fsp3) is 0.440. The lowest BCUT2D eigenvalue weighted by Crippen LogP contribution is -2.37. The molecule has 2 fully saturated rings. The van der Waals surface area contributed by atoms with E-state index in [2.05, 4.69) is 24.3 Å². The number of hydrogen-bond acceptors (Lipinski definition) is 3. The third kappa shape index (κ3) is 5.02. The highest BCUT2D eigenvalue weighted by Gasteiger charge is 2.45. The molecule has 2 aromatic carbocycles. The third-order valence-electron chi connectivity index (χ3n) is 6.28. The Bertz CT molecular complexity index is 855. The molecule has 2 aromatic rings. The maximum Gasteiger partial charge on any atom is 0.410 e. The van der Waals surface area contributed by atoms with Gasteiger partial charge in [-0.2, -0.15) is 0 Å². The molecular formula is C25H30N2O3. The van der Waals surface area contributed by atoms with Crippen LogP contribution < -0.4 is 0 Å². The molecule has 0 saturated carbocycles. The molecule has 1 unspecified atom stereocenters. The van der Waals surface area contributed by atoms with Crippen LogP contribution in [0.3, 0.4) is 0 Å². The van der Waals surface area contributed by atoms with Crippen molar-refractivity contribution in [3.05, 3.63) is 71.8 Å². The van der Waals surface area contributed by atoms with Crippen molar-refractivity contribution < 1.29 is 14.3 Å². The van der Waals surface area contributed by atoms with Gasteiger partial charge < -0.3 is 14.5 Å². The molecule has 5 heteroatoms. The first-order valence-electron chi connectivity index (χ1n) is 11.0. The van der Waals surface area contributed by atoms with Crippen molar-refractivity contribution >= 4 is 12.0 Å². The molecule has 2 aliphatic rings. The maximum atomic E-state index is 12.7. The highest BCUT2D eigenvalue weighted by atomic mass is 16.6. The van der Waals surface area contributed by atoms with Crippen molar-refractivity contribution in [1.82, 2.24) is 9.80 Å². The van der Waals surface area contributed by atoms with Crippen LogP contribution in [0.25, 0.3) is 0 Å². The highest BCUT2D eigenvalue weighted by Crippen LogP contribution is 2.33. The summed E-state index contributed by atoms with van der Waals surface area (Å²) in [6.07, 6.45) is 4.33. The first-order valence-corrected chi connectivity index (χ1v) is 11.0. The summed E-state index contributed by atoms with van der Waals surface area (Å²) in [5.74, 6) is 0.196. The van der Waals surface area contributed by atoms with Crippen LogP contribution in [0, 0.1) is 0 Å². The zero-order valence-corrected chi connectivity index (χ0v) is 17.5. The number of carbonyl (C=O) groups excluding carboxylic acids is 2. The SMILES string of the molecule is O=C(CCc1ccccc1)N1CCCC2(CC1)CN(CCc1ccccc1)C(=O)O2. The van der Waals surface area contributed by atoms with E-state index in [1.54, 1.807) is 0 Å². The van der Waals surface area contributed by atoms with Gasteiger partial charge in [0.05, 0.1) is 6.54 Å². The van der Waals surface area contributed by atoms with Gasteiger partial charge in [-0.15, -0.1) is 0 Å². The molecule has 2 heterocycles. The number of nitrogens with zero attached hydrogens (tertiary/aromatic N) is 2. The molecule has 2 amide bonds. The summed E-state index contributed by atoms with van der Waals surface area (Å²) < 4.78 is 5.88. The molecule has 0 aliphatic carbocycles. The van der Waals surface area contributed by atoms with Gasteiger partial charge in [0.2, 0.25) is 5.91 Å². The van der Waals surface area contributed by atoms with Crippen molar-refractivity contribution in [2.75, 3.05) is 26.2 Å². The summed E-state index contributed by atoms with van der Waals surface area (Å²) in [7, 11) is 0. The number of carbonyl (C=O) groups is 2. The smallest absolute Gasteiger partial charge is 0.410 e. The monoisotopic (exact) mass is 406 g/mol. The first-order chi connectivity index (χ1) is 14.6. The molecule has 0 aromatic heterocycles. The summed E-state index contributed by atoms with van der Waals surface area (Å²) in [6.45, 7) is 2.71. The van der Waals surface area contributed by atoms with Crippen molar-refractivity contribution in [2.24, 2.45) is 0 Å². The maximum absolute atomic E-state index is 12.7. The number of rotatable bonds is 6. The lowest BCUT2D eigenvalue weighted by atomic mass is 9.95. The van der Waals surface area contributed by atoms with Crippen LogP contribution >= 0.6 is 0 Å². The number of hydrogen-bond donors (Lipinski definition) is 0. The number of aryl methyl sites for hydroxylation is 1. The fourth-order valence-electron chi connectivity index (χ4n) is 4.50. The summed E-state index contributed by atoms with van der Waals surface area (Å²) in [4.78, 5) is 29.0. The van der Waals surface area contributed by atoms with Crippen molar-refractivity contribution in [3.8, 4) is 0 Å². The van der Waals surface area contributed by atoms with Gasteiger partial charge in [-0.1, -0.05) is 60.7 Å². The largest absolute Gasteiger partial charge is 0.441 e. The molecule has 0 radical (unpaired) electrons. The Morgan fingerprint density at radius 1 is 0.900 bits per heavy atom. The summed E-state index contributed by atoms with van der Waals surface area (Å²) in [5.41, 5.74) is 1.97. The van der Waals surface area contributed by atoms with Gasteiger partial charge in [0.15, 0.2) is 0 Å². The lowest BCUT2D eigenvalue weighted by Gasteiger charge is -2.25. The van der Waals surface area contributed by atoms with Gasteiger partial charge in [0, 0.05) is 32.5 Å². The molecule has 2 saturated heterocycles. The van der Waals surface area contributed by atoms with E-state index in [0.29, 0.717) is 26.1 Å². The van der Waals surface area contributed by atoms with Crippen LogP contribution in [-0.4, -0.2) is 53.6 Å². The van der Waals surface area contributed by atoms with Gasteiger partial charge in [-0.05, 0) is 36.8 Å². The van der Waals surface area contributed by atoms with Crippen LogP contribution in [0.5, 0.6) is 0 Å². The third-order valence-corrected chi connectivity index (χ3v) is 6.28. The normalized spacial score (nSPS) is 21.5. The van der Waals surface area contributed by atoms with Crippen LogP contribution in [0.15, 0.2) is 60.7 Å². The number of likely N-dealkylation sites (tertiary alicyclic amines) is 1. The van der Waals surface area contributed by atoms with E-state index >= 15 is 0 Å². The first kappa shape index (κ1) is 20.5. The van der Waals surface area contributed by atoms with E-state index in [-0.39, 0.29) is 12.0 Å². The molecule has 0 N–H and O–H groups in total. The lowest BCUT2D eigenvalue weighted by molar-refractivity contribution is -0.131. The van der Waals surface area contributed by atoms with Crippen molar-refractivity contribution in [1.29, 1.82) is 0 Å². The molecule has 0 bridgehead atoms. The molecular weight excluding hydrogens is 376 g/mol. The minimum atomic E-state index is -0.442. The molecule has 5 nitrogen and oxygen atoms in total. The zero-order valence-electron chi connectivity index (χ0n) is 17.5. The Morgan fingerprint density at radius 3 is 2.27 bits per heavy atom.